The van der Waals surface area contributed by atoms with Crippen molar-refractivity contribution >= 4 is 16.9 Å². The Kier molecular flexibility index (Phi) is 2.99. The molecule has 0 atom stereocenters. The van der Waals surface area contributed by atoms with Gasteiger partial charge in [-0.1, -0.05) is 18.2 Å². The molecule has 0 fully saturated rings. The monoisotopic (exact) mass is 266 g/mol. The number of aromatic amines is 1. The van der Waals surface area contributed by atoms with Crippen molar-refractivity contribution in [1.82, 2.24) is 9.97 Å². The Labute approximate surface area is 116 Å². The summed E-state index contributed by atoms with van der Waals surface area (Å²) in [5, 5.41) is 0.999. The van der Waals surface area contributed by atoms with Gasteiger partial charge in [0.05, 0.1) is 7.11 Å². The smallest absolute Gasteiger partial charge is 0.355 e. The number of benzene rings is 1. The van der Waals surface area contributed by atoms with E-state index in [1.807, 2.05) is 43.3 Å². The van der Waals surface area contributed by atoms with Crippen LogP contribution >= 0.6 is 0 Å². The third-order valence-corrected chi connectivity index (χ3v) is 3.28. The zero-order chi connectivity index (χ0) is 14.1. The van der Waals surface area contributed by atoms with Crippen LogP contribution in [0.25, 0.3) is 22.0 Å². The molecule has 0 aliphatic heterocycles. The van der Waals surface area contributed by atoms with Gasteiger partial charge < -0.3 is 9.72 Å². The van der Waals surface area contributed by atoms with E-state index in [1.165, 1.54) is 7.11 Å². The lowest BCUT2D eigenvalue weighted by molar-refractivity contribution is 0.0596. The molecule has 20 heavy (non-hydrogen) atoms. The largest absolute Gasteiger partial charge is 0.464 e. The van der Waals surface area contributed by atoms with Gasteiger partial charge in [-0.05, 0) is 30.7 Å². The molecule has 0 saturated heterocycles. The molecule has 0 bridgehead atoms. The topological polar surface area (TPSA) is 55.0 Å². The highest BCUT2D eigenvalue weighted by Crippen LogP contribution is 2.32. The second-order valence-electron chi connectivity index (χ2n) is 4.60. The number of aryl methyl sites for hydroxylation is 1. The first-order valence-electron chi connectivity index (χ1n) is 6.33. The van der Waals surface area contributed by atoms with Crippen molar-refractivity contribution in [2.75, 3.05) is 7.11 Å². The van der Waals surface area contributed by atoms with E-state index in [2.05, 4.69) is 9.97 Å². The molecule has 1 N–H and O–H groups in total. The summed E-state index contributed by atoms with van der Waals surface area (Å²) in [6, 6.07) is 11.7. The Balaban J connectivity index is 2.34. The molecule has 2 heterocycles. The molecular formula is C16H14N2O2. The molecular weight excluding hydrogens is 252 g/mol. The zero-order valence-corrected chi connectivity index (χ0v) is 11.3. The van der Waals surface area contributed by atoms with Gasteiger partial charge in [0.1, 0.15) is 5.69 Å². The van der Waals surface area contributed by atoms with Crippen LogP contribution < -0.4 is 0 Å². The summed E-state index contributed by atoms with van der Waals surface area (Å²) in [5.41, 5.74) is 4.11. The molecule has 4 heteroatoms. The summed E-state index contributed by atoms with van der Waals surface area (Å²) in [5.74, 6) is -0.370. The highest BCUT2D eigenvalue weighted by atomic mass is 16.5. The number of carbonyl (C=O) groups is 1. The van der Waals surface area contributed by atoms with Crippen molar-refractivity contribution < 1.29 is 9.53 Å². The maximum Gasteiger partial charge on any atom is 0.355 e. The fourth-order valence-electron chi connectivity index (χ4n) is 2.40. The molecule has 3 rings (SSSR count). The van der Waals surface area contributed by atoms with Crippen molar-refractivity contribution in [2.24, 2.45) is 0 Å². The summed E-state index contributed by atoms with van der Waals surface area (Å²) >= 11 is 0. The van der Waals surface area contributed by atoms with E-state index in [1.54, 1.807) is 6.20 Å². The fourth-order valence-corrected chi connectivity index (χ4v) is 2.40. The van der Waals surface area contributed by atoms with Crippen LogP contribution in [0.4, 0.5) is 0 Å². The predicted molar refractivity (Wildman–Crippen MR) is 77.6 cm³/mol. The molecule has 2 aromatic heterocycles. The van der Waals surface area contributed by atoms with Gasteiger partial charge in [0, 0.05) is 28.4 Å². The fraction of sp³-hybridized carbons (Fsp3) is 0.125. The number of ether oxygens (including phenoxy) is 1. The number of nitrogens with one attached hydrogen (secondary N) is 1. The number of methoxy groups -OCH3 is 1. The second-order valence-corrected chi connectivity index (χ2v) is 4.60. The van der Waals surface area contributed by atoms with Crippen LogP contribution in [-0.4, -0.2) is 23.0 Å². The minimum absolute atomic E-state index is 0.370. The standard InChI is InChI=1S/C16H14N2O2/c1-10-9-11(7-8-17-10)14-12-5-3-4-6-13(12)18-15(14)16(19)20-2/h3-9,18H,1-2H3. The molecule has 0 radical (unpaired) electrons. The molecule has 0 aliphatic carbocycles. The summed E-state index contributed by atoms with van der Waals surface area (Å²) in [6.45, 7) is 1.93. The average molecular weight is 266 g/mol. The molecule has 1 aromatic carbocycles. The first-order valence-corrected chi connectivity index (χ1v) is 6.33. The van der Waals surface area contributed by atoms with Crippen molar-refractivity contribution in [3.8, 4) is 11.1 Å². The molecule has 3 aromatic rings. The van der Waals surface area contributed by atoms with Crippen molar-refractivity contribution in [3.63, 3.8) is 0 Å². The maximum absolute atomic E-state index is 12.0. The number of pyridine rings is 1. The number of hydrogen-bond donors (Lipinski definition) is 1. The van der Waals surface area contributed by atoms with Crippen LogP contribution in [0.2, 0.25) is 0 Å². The second kappa shape index (κ2) is 4.81. The average Bonchev–Trinajstić information content (AvgIpc) is 2.85. The Morgan fingerprint density at radius 2 is 2.05 bits per heavy atom. The van der Waals surface area contributed by atoms with Gasteiger partial charge in [-0.2, -0.15) is 0 Å². The summed E-state index contributed by atoms with van der Waals surface area (Å²) < 4.78 is 4.87. The molecule has 0 saturated carbocycles. The quantitative estimate of drug-likeness (QED) is 0.724. The van der Waals surface area contributed by atoms with E-state index >= 15 is 0 Å². The maximum atomic E-state index is 12.0. The van der Waals surface area contributed by atoms with E-state index in [4.69, 9.17) is 4.74 Å². The lowest BCUT2D eigenvalue weighted by Gasteiger charge is -2.04. The Morgan fingerprint density at radius 3 is 2.80 bits per heavy atom. The first kappa shape index (κ1) is 12.4. The van der Waals surface area contributed by atoms with E-state index in [9.17, 15) is 4.79 Å². The number of aromatic nitrogens is 2. The molecule has 100 valence electrons. The van der Waals surface area contributed by atoms with Crippen LogP contribution in [0, 0.1) is 6.92 Å². The van der Waals surface area contributed by atoms with Gasteiger partial charge in [0.25, 0.3) is 0 Å². The molecule has 4 nitrogen and oxygen atoms in total. The van der Waals surface area contributed by atoms with Gasteiger partial charge in [-0.3, -0.25) is 4.98 Å². The van der Waals surface area contributed by atoms with Crippen molar-refractivity contribution in [3.05, 3.63) is 54.0 Å². The molecule has 0 spiro atoms. The Hall–Kier alpha value is -2.62. The van der Waals surface area contributed by atoms with Gasteiger partial charge >= 0.3 is 5.97 Å². The van der Waals surface area contributed by atoms with E-state index in [0.29, 0.717) is 5.69 Å². The van der Waals surface area contributed by atoms with Crippen LogP contribution in [-0.2, 0) is 4.74 Å². The van der Waals surface area contributed by atoms with Gasteiger partial charge in [-0.15, -0.1) is 0 Å². The van der Waals surface area contributed by atoms with Crippen molar-refractivity contribution in [2.45, 2.75) is 6.92 Å². The SMILES string of the molecule is COC(=O)c1[nH]c2ccccc2c1-c1ccnc(C)c1. The summed E-state index contributed by atoms with van der Waals surface area (Å²) in [7, 11) is 1.38. The highest BCUT2D eigenvalue weighted by Gasteiger charge is 2.19. The minimum Gasteiger partial charge on any atom is -0.464 e. The summed E-state index contributed by atoms with van der Waals surface area (Å²) in [4.78, 5) is 19.3. The van der Waals surface area contributed by atoms with E-state index in [0.717, 1.165) is 27.7 Å². The van der Waals surface area contributed by atoms with Gasteiger partial charge in [0.2, 0.25) is 0 Å². The number of fused-ring (bicyclic) bond motifs is 1. The molecule has 0 aliphatic rings. The highest BCUT2D eigenvalue weighted by molar-refractivity contribution is 6.07. The number of H-pyrrole nitrogens is 1. The van der Waals surface area contributed by atoms with Crippen molar-refractivity contribution in [1.29, 1.82) is 0 Å². The third kappa shape index (κ3) is 1.95. The Morgan fingerprint density at radius 1 is 1.25 bits per heavy atom. The van der Waals surface area contributed by atoms with Crippen LogP contribution in [0.5, 0.6) is 0 Å². The number of hydrogen-bond acceptors (Lipinski definition) is 3. The number of esters is 1. The minimum atomic E-state index is -0.370. The lowest BCUT2D eigenvalue weighted by atomic mass is 10.0. The number of nitrogens with zero attached hydrogens (tertiary/aromatic N) is 1. The first-order chi connectivity index (χ1) is 9.70. The lowest BCUT2D eigenvalue weighted by Crippen LogP contribution is -2.03. The van der Waals surface area contributed by atoms with Crippen LogP contribution in [0.3, 0.4) is 0 Å². The number of para-hydroxylation sites is 1. The van der Waals surface area contributed by atoms with Crippen LogP contribution in [0.15, 0.2) is 42.6 Å². The van der Waals surface area contributed by atoms with E-state index in [-0.39, 0.29) is 5.97 Å². The third-order valence-electron chi connectivity index (χ3n) is 3.28. The van der Waals surface area contributed by atoms with E-state index < -0.39 is 0 Å². The molecule has 0 amide bonds. The Bertz CT molecular complexity index is 790. The summed E-state index contributed by atoms with van der Waals surface area (Å²) in [6.07, 6.45) is 1.74. The van der Waals surface area contributed by atoms with Gasteiger partial charge in [0.15, 0.2) is 0 Å². The van der Waals surface area contributed by atoms with Gasteiger partial charge in [-0.25, -0.2) is 4.79 Å². The molecule has 0 unspecified atom stereocenters. The number of rotatable bonds is 2. The predicted octanol–water partition coefficient (Wildman–Crippen LogP) is 3.32. The number of carbonyl (C=O) groups excluding carboxylic acids is 1. The normalized spacial score (nSPS) is 10.7. The zero-order valence-electron chi connectivity index (χ0n) is 11.3. The van der Waals surface area contributed by atoms with Crippen LogP contribution in [0.1, 0.15) is 16.2 Å².